The second-order valence-corrected chi connectivity index (χ2v) is 7.08. The molecule has 20 heavy (non-hydrogen) atoms. The van der Waals surface area contributed by atoms with Gasteiger partial charge in [0.1, 0.15) is 5.01 Å². The third-order valence-corrected chi connectivity index (χ3v) is 4.25. The van der Waals surface area contributed by atoms with Gasteiger partial charge < -0.3 is 10.3 Å². The molecule has 0 aliphatic heterocycles. The molecule has 104 valence electrons. The molecule has 3 aromatic rings. The fraction of sp³-hybridized carbons (Fsp3) is 0.312. The van der Waals surface area contributed by atoms with Gasteiger partial charge in [0, 0.05) is 33.6 Å². The Balaban J connectivity index is 1.91. The number of nitrogens with zero attached hydrogens (tertiary/aromatic N) is 2. The lowest BCUT2D eigenvalue weighted by molar-refractivity contribution is 0.570. The van der Waals surface area contributed by atoms with Crippen LogP contribution in [0.15, 0.2) is 35.8 Å². The number of rotatable bonds is 2. The van der Waals surface area contributed by atoms with Crippen LogP contribution in [-0.2, 0) is 12.0 Å². The SMILES string of the molecule is CC(C)(C)c1csc(Cn2ccc3cc(N)ccc32)n1. The Labute approximate surface area is 123 Å². The second kappa shape index (κ2) is 4.63. The largest absolute Gasteiger partial charge is 0.399 e. The Morgan fingerprint density at radius 1 is 1.25 bits per heavy atom. The van der Waals surface area contributed by atoms with Crippen LogP contribution in [0, 0.1) is 0 Å². The lowest BCUT2D eigenvalue weighted by Crippen LogP contribution is -2.11. The first-order chi connectivity index (χ1) is 9.43. The Hall–Kier alpha value is -1.81. The van der Waals surface area contributed by atoms with E-state index in [1.54, 1.807) is 11.3 Å². The first kappa shape index (κ1) is 13.2. The standard InChI is InChI=1S/C16H19N3S/c1-16(2,3)14-10-20-15(18-14)9-19-7-6-11-8-12(17)4-5-13(11)19/h4-8,10H,9,17H2,1-3H3. The summed E-state index contributed by atoms with van der Waals surface area (Å²) in [5.74, 6) is 0. The minimum Gasteiger partial charge on any atom is -0.399 e. The number of benzene rings is 1. The molecular formula is C16H19N3S. The number of nitrogens with two attached hydrogens (primary N) is 1. The summed E-state index contributed by atoms with van der Waals surface area (Å²) >= 11 is 1.73. The molecule has 2 heterocycles. The highest BCUT2D eigenvalue weighted by Crippen LogP contribution is 2.25. The zero-order chi connectivity index (χ0) is 14.3. The van der Waals surface area contributed by atoms with Gasteiger partial charge in [-0.2, -0.15) is 0 Å². The first-order valence-corrected chi connectivity index (χ1v) is 7.61. The predicted molar refractivity (Wildman–Crippen MR) is 86.3 cm³/mol. The van der Waals surface area contributed by atoms with Gasteiger partial charge in [-0.25, -0.2) is 4.98 Å². The molecule has 2 aromatic heterocycles. The highest BCUT2D eigenvalue weighted by molar-refractivity contribution is 7.09. The van der Waals surface area contributed by atoms with Gasteiger partial charge >= 0.3 is 0 Å². The van der Waals surface area contributed by atoms with Crippen LogP contribution in [0.5, 0.6) is 0 Å². The molecule has 0 aliphatic carbocycles. The summed E-state index contributed by atoms with van der Waals surface area (Å²) in [5, 5.41) is 4.49. The molecule has 3 nitrogen and oxygen atoms in total. The molecule has 0 radical (unpaired) electrons. The topological polar surface area (TPSA) is 43.8 Å². The van der Waals surface area contributed by atoms with E-state index in [0.29, 0.717) is 0 Å². The minimum absolute atomic E-state index is 0.113. The van der Waals surface area contributed by atoms with Gasteiger partial charge in [0.2, 0.25) is 0 Å². The Morgan fingerprint density at radius 3 is 2.75 bits per heavy atom. The Kier molecular flexibility index (Phi) is 3.05. The molecule has 0 amide bonds. The van der Waals surface area contributed by atoms with Crippen molar-refractivity contribution in [1.29, 1.82) is 0 Å². The normalized spacial score (nSPS) is 12.2. The van der Waals surface area contributed by atoms with E-state index < -0.39 is 0 Å². The maximum Gasteiger partial charge on any atom is 0.113 e. The molecule has 0 saturated heterocycles. The molecule has 0 bridgehead atoms. The Bertz CT molecular complexity index is 747. The molecule has 0 aliphatic rings. The van der Waals surface area contributed by atoms with Crippen molar-refractivity contribution in [3.8, 4) is 0 Å². The van der Waals surface area contributed by atoms with Crippen molar-refractivity contribution in [2.75, 3.05) is 5.73 Å². The maximum atomic E-state index is 5.82. The van der Waals surface area contributed by atoms with Crippen LogP contribution < -0.4 is 5.73 Å². The highest BCUT2D eigenvalue weighted by Gasteiger charge is 2.17. The van der Waals surface area contributed by atoms with E-state index in [2.05, 4.69) is 49.0 Å². The fourth-order valence-corrected chi connectivity index (χ4v) is 3.25. The van der Waals surface area contributed by atoms with E-state index in [0.717, 1.165) is 17.2 Å². The van der Waals surface area contributed by atoms with Crippen molar-refractivity contribution in [1.82, 2.24) is 9.55 Å². The fourth-order valence-electron chi connectivity index (χ4n) is 2.23. The van der Waals surface area contributed by atoms with Crippen LogP contribution >= 0.6 is 11.3 Å². The van der Waals surface area contributed by atoms with Crippen LogP contribution in [0.2, 0.25) is 0 Å². The quantitative estimate of drug-likeness (QED) is 0.723. The van der Waals surface area contributed by atoms with Gasteiger partial charge in [-0.05, 0) is 24.3 Å². The summed E-state index contributed by atoms with van der Waals surface area (Å²) in [7, 11) is 0. The average Bonchev–Trinajstić information content (AvgIpc) is 2.96. The van der Waals surface area contributed by atoms with Crippen LogP contribution in [0.1, 0.15) is 31.5 Å². The molecule has 0 spiro atoms. The van der Waals surface area contributed by atoms with E-state index in [4.69, 9.17) is 10.7 Å². The summed E-state index contributed by atoms with van der Waals surface area (Å²) in [6, 6.07) is 8.13. The van der Waals surface area contributed by atoms with Crippen molar-refractivity contribution in [3.63, 3.8) is 0 Å². The summed E-state index contributed by atoms with van der Waals surface area (Å²) < 4.78 is 2.22. The summed E-state index contributed by atoms with van der Waals surface area (Å²) in [6.07, 6.45) is 2.10. The summed E-state index contributed by atoms with van der Waals surface area (Å²) in [5.41, 5.74) is 9.10. The van der Waals surface area contributed by atoms with Crippen molar-refractivity contribution >= 4 is 27.9 Å². The first-order valence-electron chi connectivity index (χ1n) is 6.73. The Morgan fingerprint density at radius 2 is 2.05 bits per heavy atom. The van der Waals surface area contributed by atoms with Crippen LogP contribution in [0.25, 0.3) is 10.9 Å². The average molecular weight is 285 g/mol. The smallest absolute Gasteiger partial charge is 0.113 e. The number of thiazole rings is 1. The lowest BCUT2D eigenvalue weighted by atomic mass is 9.93. The predicted octanol–water partition coefficient (Wildman–Crippen LogP) is 4.03. The third kappa shape index (κ3) is 2.43. The number of anilines is 1. The summed E-state index contributed by atoms with van der Waals surface area (Å²) in [4.78, 5) is 4.75. The van der Waals surface area contributed by atoms with E-state index >= 15 is 0 Å². The number of fused-ring (bicyclic) bond motifs is 1. The van der Waals surface area contributed by atoms with E-state index in [1.807, 2.05) is 12.1 Å². The van der Waals surface area contributed by atoms with E-state index in [-0.39, 0.29) is 5.41 Å². The number of hydrogen-bond donors (Lipinski definition) is 1. The van der Waals surface area contributed by atoms with E-state index in [9.17, 15) is 0 Å². The lowest BCUT2D eigenvalue weighted by Gasteiger charge is -2.14. The molecule has 0 atom stereocenters. The second-order valence-electron chi connectivity index (χ2n) is 6.14. The van der Waals surface area contributed by atoms with Gasteiger partial charge in [-0.15, -0.1) is 11.3 Å². The minimum atomic E-state index is 0.113. The number of nitrogen functional groups attached to an aromatic ring is 1. The number of aromatic nitrogens is 2. The van der Waals surface area contributed by atoms with Crippen LogP contribution in [0.3, 0.4) is 0 Å². The monoisotopic (exact) mass is 285 g/mol. The molecule has 3 rings (SSSR count). The van der Waals surface area contributed by atoms with Gasteiger partial charge in [0.15, 0.2) is 0 Å². The van der Waals surface area contributed by atoms with Gasteiger partial charge in [0.05, 0.1) is 12.2 Å². The van der Waals surface area contributed by atoms with Crippen LogP contribution in [0.4, 0.5) is 5.69 Å². The molecule has 4 heteroatoms. The maximum absolute atomic E-state index is 5.82. The van der Waals surface area contributed by atoms with Gasteiger partial charge in [0.25, 0.3) is 0 Å². The highest BCUT2D eigenvalue weighted by atomic mass is 32.1. The van der Waals surface area contributed by atoms with Gasteiger partial charge in [-0.1, -0.05) is 20.8 Å². The third-order valence-electron chi connectivity index (χ3n) is 3.42. The van der Waals surface area contributed by atoms with Crippen molar-refractivity contribution < 1.29 is 0 Å². The van der Waals surface area contributed by atoms with Crippen molar-refractivity contribution in [2.45, 2.75) is 32.7 Å². The zero-order valence-electron chi connectivity index (χ0n) is 12.1. The molecule has 2 N–H and O–H groups in total. The van der Waals surface area contributed by atoms with Crippen molar-refractivity contribution in [3.05, 3.63) is 46.5 Å². The molecule has 1 aromatic carbocycles. The summed E-state index contributed by atoms with van der Waals surface area (Å²) in [6.45, 7) is 7.40. The van der Waals surface area contributed by atoms with E-state index in [1.165, 1.54) is 16.6 Å². The molecule has 0 saturated carbocycles. The molecular weight excluding hydrogens is 266 g/mol. The zero-order valence-corrected chi connectivity index (χ0v) is 12.9. The van der Waals surface area contributed by atoms with Crippen LogP contribution in [-0.4, -0.2) is 9.55 Å². The van der Waals surface area contributed by atoms with Gasteiger partial charge in [-0.3, -0.25) is 0 Å². The number of hydrogen-bond acceptors (Lipinski definition) is 3. The van der Waals surface area contributed by atoms with Crippen molar-refractivity contribution in [2.24, 2.45) is 0 Å². The molecule has 0 unspecified atom stereocenters. The molecule has 0 fully saturated rings.